The van der Waals surface area contributed by atoms with E-state index in [1.807, 2.05) is 83.6 Å². The topological polar surface area (TPSA) is 35.9 Å². The minimum Gasteiger partial charge on any atom is -0.457 e. The molecule has 10 aromatic carbocycles. The number of pyridine rings is 1. The fourth-order valence-electron chi connectivity index (χ4n) is 10.9. The van der Waals surface area contributed by atoms with Crippen LogP contribution >= 0.6 is 0 Å². The van der Waals surface area contributed by atoms with Crippen molar-refractivity contribution in [3.8, 4) is 95.5 Å². The van der Waals surface area contributed by atoms with Crippen LogP contribution in [-0.4, -0.2) is 14.1 Å². The standard InChI is InChI=1S/C70H50N4O/c1-70(2,3)48-39-40-71-67(41-48)74-62-34-17-16-30-58(62)59-38-37-50(44-65(59)74)75-66-43-49(42-61-57-29-13-12-27-55(57)53-25-10-11-26-54(53)56-28-14-15-31-60(56)68(61)66)72-45-73(64-36-19-18-35-63(64)72)69-51(46-21-6-4-7-22-46)32-20-33-52(69)47-23-8-5-9-24-47/h4-44H,1-3H3/i4D,5D,6D,7D,8D,9D,21D,22D,23D,24D. The molecule has 0 amide bonds. The molecule has 0 bridgehead atoms. The average molecular weight is 973 g/mol. The van der Waals surface area contributed by atoms with Crippen LogP contribution in [0.15, 0.2) is 249 Å². The van der Waals surface area contributed by atoms with Crippen LogP contribution in [0.25, 0.3) is 117 Å². The third kappa shape index (κ3) is 7.38. The van der Waals surface area contributed by atoms with Gasteiger partial charge in [0.1, 0.15) is 17.3 Å². The summed E-state index contributed by atoms with van der Waals surface area (Å²) >= 11 is 0. The monoisotopic (exact) mass is 972 g/mol. The van der Waals surface area contributed by atoms with Crippen LogP contribution in [0.1, 0.15) is 40.0 Å². The Bertz CT molecular complexity index is 4850. The highest BCUT2D eigenvalue weighted by atomic mass is 16.5. The van der Waals surface area contributed by atoms with Crippen LogP contribution in [0.3, 0.4) is 0 Å². The van der Waals surface area contributed by atoms with Gasteiger partial charge >= 0.3 is 0 Å². The molecule has 13 aromatic rings. The van der Waals surface area contributed by atoms with Crippen molar-refractivity contribution in [3.05, 3.63) is 261 Å². The van der Waals surface area contributed by atoms with E-state index >= 15 is 0 Å². The first-order valence-electron chi connectivity index (χ1n) is 29.9. The van der Waals surface area contributed by atoms with Gasteiger partial charge in [0.15, 0.2) is 0 Å². The zero-order chi connectivity index (χ0) is 58.9. The van der Waals surface area contributed by atoms with Gasteiger partial charge in [0.2, 0.25) is 0 Å². The van der Waals surface area contributed by atoms with Crippen molar-refractivity contribution in [1.82, 2.24) is 14.1 Å². The number of ether oxygens (including phenoxy) is 1. The van der Waals surface area contributed by atoms with Gasteiger partial charge in [0.25, 0.3) is 6.33 Å². The molecule has 1 aliphatic rings. The number of imidazole rings is 1. The maximum atomic E-state index is 9.27. The molecule has 14 rings (SSSR count). The molecule has 0 radical (unpaired) electrons. The molecule has 5 nitrogen and oxygen atoms in total. The first kappa shape index (κ1) is 34.7. The summed E-state index contributed by atoms with van der Waals surface area (Å²) < 4.78 is 103. The van der Waals surface area contributed by atoms with E-state index in [-0.39, 0.29) is 33.4 Å². The smallest absolute Gasteiger partial charge is 0.269 e. The van der Waals surface area contributed by atoms with Crippen molar-refractivity contribution < 1.29 is 23.0 Å². The van der Waals surface area contributed by atoms with Crippen LogP contribution in [0, 0.1) is 6.33 Å². The lowest BCUT2D eigenvalue weighted by molar-refractivity contribution is -0.571. The van der Waals surface area contributed by atoms with E-state index in [0.29, 0.717) is 28.2 Å². The van der Waals surface area contributed by atoms with Gasteiger partial charge in [-0.05, 0) is 115 Å². The Morgan fingerprint density at radius 3 is 1.69 bits per heavy atom. The van der Waals surface area contributed by atoms with Gasteiger partial charge in [0.05, 0.1) is 47.1 Å². The second kappa shape index (κ2) is 17.6. The molecule has 0 atom stereocenters. The number of fused-ring (bicyclic) bond motifs is 12. The summed E-state index contributed by atoms with van der Waals surface area (Å²) in [5.41, 5.74) is 12.5. The number of para-hydroxylation sites is 4. The van der Waals surface area contributed by atoms with Crippen molar-refractivity contribution in [1.29, 1.82) is 0 Å². The summed E-state index contributed by atoms with van der Waals surface area (Å²) in [6, 6.07) is 54.9. The van der Waals surface area contributed by atoms with Gasteiger partial charge < -0.3 is 4.74 Å². The van der Waals surface area contributed by atoms with E-state index < -0.39 is 60.4 Å². The van der Waals surface area contributed by atoms with E-state index in [2.05, 4.69) is 123 Å². The number of hydrogen-bond donors (Lipinski definition) is 0. The summed E-state index contributed by atoms with van der Waals surface area (Å²) in [7, 11) is 0. The van der Waals surface area contributed by atoms with Gasteiger partial charge in [0, 0.05) is 28.6 Å². The van der Waals surface area contributed by atoms with Crippen molar-refractivity contribution in [3.63, 3.8) is 0 Å². The Kier molecular flexibility index (Phi) is 8.14. The summed E-state index contributed by atoms with van der Waals surface area (Å²) in [5.74, 6) is 1.85. The maximum absolute atomic E-state index is 9.27. The normalized spacial score (nSPS) is 13.8. The summed E-state index contributed by atoms with van der Waals surface area (Å²) in [4.78, 5) is 4.96. The zero-order valence-corrected chi connectivity index (χ0v) is 41.1. The Hall–Kier alpha value is -9.58. The Labute approximate surface area is 450 Å². The van der Waals surface area contributed by atoms with Gasteiger partial charge in [-0.15, -0.1) is 0 Å². The highest BCUT2D eigenvalue weighted by molar-refractivity contribution is 6.10. The van der Waals surface area contributed by atoms with Crippen LogP contribution in [0.2, 0.25) is 0 Å². The largest absolute Gasteiger partial charge is 0.457 e. The first-order chi connectivity index (χ1) is 41.0. The highest BCUT2D eigenvalue weighted by Crippen LogP contribution is 2.52. The van der Waals surface area contributed by atoms with Crippen molar-refractivity contribution in [2.45, 2.75) is 26.2 Å². The van der Waals surface area contributed by atoms with Crippen LogP contribution in [0.5, 0.6) is 11.5 Å². The lowest BCUT2D eigenvalue weighted by Crippen LogP contribution is -2.31. The summed E-state index contributed by atoms with van der Waals surface area (Å²) in [6.07, 6.45) is 5.49. The molecule has 0 saturated carbocycles. The molecule has 3 aromatic heterocycles. The quantitative estimate of drug-likeness (QED) is 0.118. The number of benzene rings is 10. The number of hydrogen-bond acceptors (Lipinski definition) is 2. The van der Waals surface area contributed by atoms with E-state index in [4.69, 9.17) is 17.9 Å². The minimum absolute atomic E-state index is 0.135. The van der Waals surface area contributed by atoms with Gasteiger partial charge in [-0.1, -0.05) is 215 Å². The SMILES string of the molecule is [2H]c1c([2H])c([2H])c(-c2cccc(-c3c([2H])c([2H])c([2H])c([2H])c3[2H])c2-[n+]2[c-]n(-c3cc(Oc4ccc5c6ccccc6n(-c6cc(C(C)(C)C)ccn6)c5c4)c4c(c3)-c3ccccc3-c3ccccc3-c3ccccc3-4)c3ccccc32)c([2H])c1[2H]. The molecule has 75 heavy (non-hydrogen) atoms. The molecule has 1 aliphatic carbocycles. The van der Waals surface area contributed by atoms with Crippen molar-refractivity contribution in [2.24, 2.45) is 0 Å². The molecule has 0 fully saturated rings. The maximum Gasteiger partial charge on any atom is 0.269 e. The minimum atomic E-state index is -0.576. The van der Waals surface area contributed by atoms with Gasteiger partial charge in [-0.2, -0.15) is 0 Å². The lowest BCUT2D eigenvalue weighted by atomic mass is 9.80. The fourth-order valence-corrected chi connectivity index (χ4v) is 10.9. The van der Waals surface area contributed by atoms with E-state index in [9.17, 15) is 5.48 Å². The van der Waals surface area contributed by atoms with Crippen LogP contribution in [-0.2, 0) is 5.41 Å². The second-order valence-corrected chi connectivity index (χ2v) is 19.8. The summed E-state index contributed by atoms with van der Waals surface area (Å²) in [6.45, 7) is 6.58. The average Bonchev–Trinajstić information content (AvgIpc) is 2.51. The third-order valence-electron chi connectivity index (χ3n) is 14.3. The van der Waals surface area contributed by atoms with Crippen molar-refractivity contribution >= 4 is 32.8 Å². The highest BCUT2D eigenvalue weighted by Gasteiger charge is 2.28. The Morgan fingerprint density at radius 1 is 0.493 bits per heavy atom. The number of rotatable bonds is 7. The molecule has 0 aliphatic heterocycles. The number of aromatic nitrogens is 4. The van der Waals surface area contributed by atoms with E-state index in [1.165, 1.54) is 0 Å². The lowest BCUT2D eigenvalue weighted by Gasteiger charge is -2.26. The fraction of sp³-hybridized carbons (Fsp3) is 0.0571. The molecule has 5 heteroatoms. The van der Waals surface area contributed by atoms with E-state index in [0.717, 1.165) is 77.7 Å². The molecule has 0 saturated heterocycles. The zero-order valence-electron chi connectivity index (χ0n) is 51.1. The molecule has 356 valence electrons. The van der Waals surface area contributed by atoms with Gasteiger partial charge in [-0.3, -0.25) is 13.7 Å². The molecule has 0 spiro atoms. The van der Waals surface area contributed by atoms with Gasteiger partial charge in [-0.25, -0.2) is 4.98 Å². The van der Waals surface area contributed by atoms with Crippen LogP contribution < -0.4 is 9.30 Å². The third-order valence-corrected chi connectivity index (χ3v) is 14.3. The Balaban J connectivity index is 1.07. The molecule has 0 N–H and O–H groups in total. The predicted molar refractivity (Wildman–Crippen MR) is 307 cm³/mol. The first-order valence-corrected chi connectivity index (χ1v) is 24.9. The molecular weight excluding hydrogens is 913 g/mol. The second-order valence-electron chi connectivity index (χ2n) is 19.8. The number of nitrogens with zero attached hydrogens (tertiary/aromatic N) is 4. The molecule has 0 unspecified atom stereocenters. The van der Waals surface area contributed by atoms with Crippen molar-refractivity contribution in [2.75, 3.05) is 0 Å². The van der Waals surface area contributed by atoms with E-state index in [1.54, 1.807) is 22.8 Å². The molecule has 3 heterocycles. The molecular formula is C70H50N4O. The Morgan fingerprint density at radius 2 is 1.04 bits per heavy atom. The van der Waals surface area contributed by atoms with Crippen LogP contribution in [0.4, 0.5) is 0 Å². The predicted octanol–water partition coefficient (Wildman–Crippen LogP) is 17.6. The summed E-state index contributed by atoms with van der Waals surface area (Å²) in [5, 5.41) is 2.09.